The molecule has 0 heterocycles. The Hall–Kier alpha value is -0.610. The zero-order chi connectivity index (χ0) is 7.49. The fourth-order valence-electron chi connectivity index (χ4n) is 0.331. The van der Waals surface area contributed by atoms with E-state index >= 15 is 0 Å². The van der Waals surface area contributed by atoms with E-state index in [1.165, 1.54) is 6.92 Å². The topological polar surface area (TPSA) is 77.8 Å². The molecule has 1 atom stereocenters. The van der Waals surface area contributed by atoms with Crippen LogP contribution in [0.25, 0.3) is 0 Å². The van der Waals surface area contributed by atoms with E-state index in [4.69, 9.17) is 15.3 Å². The largest absolute Gasteiger partial charge is 0.479 e. The predicted octanol–water partition coefficient (Wildman–Crippen LogP) is -0.796. The van der Waals surface area contributed by atoms with Gasteiger partial charge in [0.05, 0.1) is 6.61 Å². The number of carbonyl (C=O) groups is 1. The number of aliphatic hydroxyl groups excluding tert-OH is 1. The number of hydrogen-bond donors (Lipinski definition) is 3. The Morgan fingerprint density at radius 3 is 2.11 bits per heavy atom. The van der Waals surface area contributed by atoms with E-state index in [-0.39, 0.29) is 6.42 Å². The Kier molecular flexibility index (Phi) is 2.61. The van der Waals surface area contributed by atoms with Crippen molar-refractivity contribution >= 4 is 5.97 Å². The van der Waals surface area contributed by atoms with Gasteiger partial charge in [0.15, 0.2) is 5.60 Å². The molecule has 0 rings (SSSR count). The maximum absolute atomic E-state index is 10.1. The first kappa shape index (κ1) is 8.39. The van der Waals surface area contributed by atoms with Crippen molar-refractivity contribution in [3.63, 3.8) is 0 Å². The van der Waals surface area contributed by atoms with Gasteiger partial charge in [-0.3, -0.25) is 0 Å². The van der Waals surface area contributed by atoms with E-state index in [0.717, 1.165) is 0 Å². The molecular weight excluding hydrogens is 124 g/mol. The molecule has 0 radical (unpaired) electrons. The van der Waals surface area contributed by atoms with Crippen molar-refractivity contribution < 1.29 is 20.1 Å². The summed E-state index contributed by atoms with van der Waals surface area (Å²) in [7, 11) is 0. The van der Waals surface area contributed by atoms with Crippen molar-refractivity contribution in [1.82, 2.24) is 0 Å². The number of aliphatic carboxylic acids is 1. The Balaban J connectivity index is 4.09. The lowest BCUT2D eigenvalue weighted by Gasteiger charge is -2.17. The first-order valence-electron chi connectivity index (χ1n) is 2.63. The lowest BCUT2D eigenvalue weighted by Crippen LogP contribution is -2.41. The molecule has 0 fully saturated rings. The van der Waals surface area contributed by atoms with Crippen molar-refractivity contribution in [3.8, 4) is 0 Å². The molecule has 4 heteroatoms. The van der Waals surface area contributed by atoms with Gasteiger partial charge in [0.2, 0.25) is 0 Å². The zero-order valence-electron chi connectivity index (χ0n) is 5.16. The molecule has 0 aliphatic carbocycles. The highest BCUT2D eigenvalue weighted by molar-refractivity contribution is 5.77. The standard InChI is InChI=1S/C5H10O4/c1-2-5(9,3-6)4(7)8/h6,9H,2-3H2,1H3,(H,7,8)/t5-/m1/s1. The fraction of sp³-hybridized carbons (Fsp3) is 0.800. The van der Waals surface area contributed by atoms with Gasteiger partial charge in [-0.2, -0.15) is 0 Å². The van der Waals surface area contributed by atoms with Crippen molar-refractivity contribution in [2.45, 2.75) is 18.9 Å². The summed E-state index contributed by atoms with van der Waals surface area (Å²) in [5, 5.41) is 25.4. The molecular formula is C5H10O4. The molecule has 0 spiro atoms. The van der Waals surface area contributed by atoms with Gasteiger partial charge in [-0.15, -0.1) is 0 Å². The molecule has 9 heavy (non-hydrogen) atoms. The second-order valence-corrected chi connectivity index (χ2v) is 1.85. The van der Waals surface area contributed by atoms with E-state index in [9.17, 15) is 4.79 Å². The van der Waals surface area contributed by atoms with Gasteiger partial charge in [0, 0.05) is 0 Å². The van der Waals surface area contributed by atoms with Crippen LogP contribution in [-0.4, -0.2) is 33.5 Å². The van der Waals surface area contributed by atoms with Crippen LogP contribution in [0.3, 0.4) is 0 Å². The fourth-order valence-corrected chi connectivity index (χ4v) is 0.331. The molecule has 3 N–H and O–H groups in total. The van der Waals surface area contributed by atoms with Crippen molar-refractivity contribution in [1.29, 1.82) is 0 Å². The first-order chi connectivity index (χ1) is 4.06. The lowest BCUT2D eigenvalue weighted by molar-refractivity contribution is -0.163. The van der Waals surface area contributed by atoms with Gasteiger partial charge in [0.25, 0.3) is 0 Å². The average Bonchev–Trinajstić information content (AvgIpc) is 1.86. The van der Waals surface area contributed by atoms with Crippen LogP contribution in [0.1, 0.15) is 13.3 Å². The molecule has 0 aliphatic rings. The maximum atomic E-state index is 10.1. The van der Waals surface area contributed by atoms with Crippen LogP contribution in [0.4, 0.5) is 0 Å². The van der Waals surface area contributed by atoms with Crippen molar-refractivity contribution in [2.24, 2.45) is 0 Å². The number of hydrogen-bond acceptors (Lipinski definition) is 3. The molecule has 4 nitrogen and oxygen atoms in total. The number of carboxylic acids is 1. The van der Waals surface area contributed by atoms with Crippen LogP contribution in [0.5, 0.6) is 0 Å². The van der Waals surface area contributed by atoms with Gasteiger partial charge in [-0.1, -0.05) is 6.92 Å². The lowest BCUT2D eigenvalue weighted by atomic mass is 10.0. The minimum absolute atomic E-state index is 0.0127. The Labute approximate surface area is 52.7 Å². The van der Waals surface area contributed by atoms with E-state index in [1.54, 1.807) is 0 Å². The van der Waals surface area contributed by atoms with Crippen LogP contribution in [-0.2, 0) is 4.79 Å². The Morgan fingerprint density at radius 1 is 1.67 bits per heavy atom. The van der Waals surface area contributed by atoms with Gasteiger partial charge in [0.1, 0.15) is 0 Å². The second kappa shape index (κ2) is 2.80. The molecule has 0 aromatic carbocycles. The number of rotatable bonds is 3. The highest BCUT2D eigenvalue weighted by Crippen LogP contribution is 2.07. The van der Waals surface area contributed by atoms with Gasteiger partial charge in [-0.25, -0.2) is 4.79 Å². The van der Waals surface area contributed by atoms with E-state index in [2.05, 4.69) is 0 Å². The van der Waals surface area contributed by atoms with Crippen molar-refractivity contribution in [2.75, 3.05) is 6.61 Å². The second-order valence-electron chi connectivity index (χ2n) is 1.85. The monoisotopic (exact) mass is 134 g/mol. The summed E-state index contributed by atoms with van der Waals surface area (Å²) in [6.07, 6.45) is 0.0127. The van der Waals surface area contributed by atoms with Crippen LogP contribution < -0.4 is 0 Å². The van der Waals surface area contributed by atoms with E-state index in [1.807, 2.05) is 0 Å². The average molecular weight is 134 g/mol. The summed E-state index contributed by atoms with van der Waals surface area (Å²) < 4.78 is 0. The van der Waals surface area contributed by atoms with E-state index < -0.39 is 18.2 Å². The smallest absolute Gasteiger partial charge is 0.338 e. The summed E-state index contributed by atoms with van der Waals surface area (Å²) in [6.45, 7) is 0.753. The summed E-state index contributed by atoms with van der Waals surface area (Å²) in [6, 6.07) is 0. The van der Waals surface area contributed by atoms with Crippen LogP contribution in [0.2, 0.25) is 0 Å². The van der Waals surface area contributed by atoms with E-state index in [0.29, 0.717) is 0 Å². The summed E-state index contributed by atoms with van der Waals surface area (Å²) in [5.74, 6) is -1.38. The normalized spacial score (nSPS) is 16.8. The predicted molar refractivity (Wildman–Crippen MR) is 30.0 cm³/mol. The highest BCUT2D eigenvalue weighted by atomic mass is 16.4. The highest BCUT2D eigenvalue weighted by Gasteiger charge is 2.32. The molecule has 0 aromatic rings. The summed E-state index contributed by atoms with van der Waals surface area (Å²) >= 11 is 0. The summed E-state index contributed by atoms with van der Waals surface area (Å²) in [5.41, 5.74) is -1.94. The summed E-state index contributed by atoms with van der Waals surface area (Å²) in [4.78, 5) is 10.1. The molecule has 0 aliphatic heterocycles. The van der Waals surface area contributed by atoms with Gasteiger partial charge in [-0.05, 0) is 6.42 Å². The molecule has 0 saturated heterocycles. The van der Waals surface area contributed by atoms with Crippen LogP contribution in [0, 0.1) is 0 Å². The molecule has 54 valence electrons. The first-order valence-corrected chi connectivity index (χ1v) is 2.63. The molecule has 0 aromatic heterocycles. The SMILES string of the molecule is CC[C@@](O)(CO)C(=O)O. The van der Waals surface area contributed by atoms with Crippen molar-refractivity contribution in [3.05, 3.63) is 0 Å². The van der Waals surface area contributed by atoms with Crippen LogP contribution >= 0.6 is 0 Å². The molecule has 0 amide bonds. The van der Waals surface area contributed by atoms with Gasteiger partial charge < -0.3 is 15.3 Å². The maximum Gasteiger partial charge on any atom is 0.338 e. The van der Waals surface area contributed by atoms with Crippen LogP contribution in [0.15, 0.2) is 0 Å². The third-order valence-corrected chi connectivity index (χ3v) is 1.24. The minimum atomic E-state index is -1.94. The Morgan fingerprint density at radius 2 is 2.11 bits per heavy atom. The Bertz CT molecular complexity index is 106. The third kappa shape index (κ3) is 1.65. The zero-order valence-corrected chi connectivity index (χ0v) is 5.16. The quantitative estimate of drug-likeness (QED) is 0.472. The molecule has 0 unspecified atom stereocenters. The molecule has 0 saturated carbocycles. The number of aliphatic hydroxyl groups is 2. The third-order valence-electron chi connectivity index (χ3n) is 1.24. The minimum Gasteiger partial charge on any atom is -0.479 e. The molecule has 0 bridgehead atoms. The number of carboxylic acid groups (broad SMARTS) is 1. The van der Waals surface area contributed by atoms with Gasteiger partial charge >= 0.3 is 5.97 Å².